The van der Waals surface area contributed by atoms with Crippen LogP contribution < -0.4 is 5.32 Å². The van der Waals surface area contributed by atoms with Crippen molar-refractivity contribution >= 4 is 0 Å². The predicted octanol–water partition coefficient (Wildman–Crippen LogP) is 1.31. The summed E-state index contributed by atoms with van der Waals surface area (Å²) in [7, 11) is 0. The summed E-state index contributed by atoms with van der Waals surface area (Å²) in [6, 6.07) is 3.53. The summed E-state index contributed by atoms with van der Waals surface area (Å²) in [5.74, 6) is 1.01. The second-order valence-corrected chi connectivity index (χ2v) is 4.98. The molecule has 1 aliphatic heterocycles. The van der Waals surface area contributed by atoms with E-state index in [0.29, 0.717) is 6.04 Å². The van der Waals surface area contributed by atoms with Gasteiger partial charge >= 0.3 is 0 Å². The molecule has 2 heterocycles. The standard InChI is InChI=1S/C12H19N3O/c1-9-6-12(16-14-9)8-15(10-2-3-10)11-4-5-13-7-11/h6,10-11,13H,2-5,7-8H2,1H3. The average Bonchev–Trinajstić information content (AvgIpc) is 2.80. The Kier molecular flexibility index (Phi) is 2.69. The highest BCUT2D eigenvalue weighted by atomic mass is 16.5. The van der Waals surface area contributed by atoms with Gasteiger partial charge in [-0.3, -0.25) is 4.90 Å². The van der Waals surface area contributed by atoms with Crippen LogP contribution >= 0.6 is 0 Å². The fraction of sp³-hybridized carbons (Fsp3) is 0.750. The maximum Gasteiger partial charge on any atom is 0.150 e. The number of hydrogen-bond donors (Lipinski definition) is 1. The van der Waals surface area contributed by atoms with Crippen molar-refractivity contribution in [2.75, 3.05) is 13.1 Å². The third kappa shape index (κ3) is 2.13. The molecule has 0 bridgehead atoms. The summed E-state index contributed by atoms with van der Waals surface area (Å²) in [6.07, 6.45) is 3.97. The molecule has 0 amide bonds. The highest BCUT2D eigenvalue weighted by Crippen LogP contribution is 2.31. The zero-order valence-electron chi connectivity index (χ0n) is 9.78. The first-order valence-electron chi connectivity index (χ1n) is 6.21. The van der Waals surface area contributed by atoms with E-state index < -0.39 is 0 Å². The summed E-state index contributed by atoms with van der Waals surface area (Å²) in [5, 5.41) is 7.40. The molecule has 3 rings (SSSR count). The van der Waals surface area contributed by atoms with Gasteiger partial charge in [0, 0.05) is 24.7 Å². The van der Waals surface area contributed by atoms with Crippen LogP contribution in [0.2, 0.25) is 0 Å². The first-order chi connectivity index (χ1) is 7.83. The predicted molar refractivity (Wildman–Crippen MR) is 61.1 cm³/mol. The van der Waals surface area contributed by atoms with Gasteiger partial charge in [-0.15, -0.1) is 0 Å². The molecule has 1 aromatic heterocycles. The van der Waals surface area contributed by atoms with Crippen molar-refractivity contribution in [3.63, 3.8) is 0 Å². The highest BCUT2D eigenvalue weighted by Gasteiger charge is 2.35. The van der Waals surface area contributed by atoms with Gasteiger partial charge < -0.3 is 9.84 Å². The second-order valence-electron chi connectivity index (χ2n) is 4.98. The molecule has 1 N–H and O–H groups in total. The minimum Gasteiger partial charge on any atom is -0.360 e. The molecule has 16 heavy (non-hydrogen) atoms. The molecule has 88 valence electrons. The van der Waals surface area contributed by atoms with Gasteiger partial charge in [0.15, 0.2) is 5.76 Å². The van der Waals surface area contributed by atoms with Crippen LogP contribution in [0.25, 0.3) is 0 Å². The largest absolute Gasteiger partial charge is 0.360 e. The van der Waals surface area contributed by atoms with E-state index in [2.05, 4.69) is 21.4 Å². The second kappa shape index (κ2) is 4.18. The van der Waals surface area contributed by atoms with E-state index in [1.165, 1.54) is 19.3 Å². The van der Waals surface area contributed by atoms with Crippen LogP contribution in [-0.2, 0) is 6.54 Å². The number of nitrogens with one attached hydrogen (secondary N) is 1. The average molecular weight is 221 g/mol. The number of rotatable bonds is 4. The van der Waals surface area contributed by atoms with Crippen molar-refractivity contribution < 1.29 is 4.52 Å². The minimum absolute atomic E-state index is 0.693. The van der Waals surface area contributed by atoms with Gasteiger partial charge in [-0.25, -0.2) is 0 Å². The Balaban J connectivity index is 1.68. The van der Waals surface area contributed by atoms with Crippen LogP contribution in [0, 0.1) is 6.92 Å². The molecule has 2 fully saturated rings. The van der Waals surface area contributed by atoms with Crippen LogP contribution in [0.4, 0.5) is 0 Å². The fourth-order valence-electron chi connectivity index (χ4n) is 2.56. The van der Waals surface area contributed by atoms with Crippen LogP contribution in [0.15, 0.2) is 10.6 Å². The molecular weight excluding hydrogens is 202 g/mol. The Morgan fingerprint density at radius 2 is 2.31 bits per heavy atom. The lowest BCUT2D eigenvalue weighted by atomic mass is 10.2. The molecule has 0 spiro atoms. The number of aryl methyl sites for hydroxylation is 1. The molecule has 1 aromatic rings. The Morgan fingerprint density at radius 1 is 1.44 bits per heavy atom. The van der Waals surface area contributed by atoms with Crippen molar-refractivity contribution in [2.45, 2.75) is 44.8 Å². The summed E-state index contributed by atoms with van der Waals surface area (Å²) in [6.45, 7) is 5.19. The van der Waals surface area contributed by atoms with Gasteiger partial charge in [0.05, 0.1) is 12.2 Å². The minimum atomic E-state index is 0.693. The third-order valence-electron chi connectivity index (χ3n) is 3.53. The van der Waals surface area contributed by atoms with E-state index in [1.54, 1.807) is 0 Å². The lowest BCUT2D eigenvalue weighted by Gasteiger charge is -2.26. The zero-order chi connectivity index (χ0) is 11.0. The molecule has 2 aliphatic rings. The van der Waals surface area contributed by atoms with E-state index in [4.69, 9.17) is 4.52 Å². The number of nitrogens with zero attached hydrogens (tertiary/aromatic N) is 2. The first-order valence-corrected chi connectivity index (χ1v) is 6.21. The van der Waals surface area contributed by atoms with Gasteiger partial charge in [-0.2, -0.15) is 0 Å². The SMILES string of the molecule is Cc1cc(CN(C2CC2)C2CCNC2)on1. The van der Waals surface area contributed by atoms with Gasteiger partial charge in [-0.1, -0.05) is 5.16 Å². The molecule has 4 heteroatoms. The van der Waals surface area contributed by atoms with Gasteiger partial charge in [0.25, 0.3) is 0 Å². The van der Waals surface area contributed by atoms with Gasteiger partial charge in [-0.05, 0) is 32.7 Å². The normalized spacial score (nSPS) is 25.5. The lowest BCUT2D eigenvalue weighted by Crippen LogP contribution is -2.37. The Labute approximate surface area is 96.0 Å². The van der Waals surface area contributed by atoms with Gasteiger partial charge in [0.2, 0.25) is 0 Å². The highest BCUT2D eigenvalue weighted by molar-refractivity contribution is 5.05. The maximum absolute atomic E-state index is 5.32. The molecule has 0 aromatic carbocycles. The molecule has 1 atom stereocenters. The van der Waals surface area contributed by atoms with E-state index in [0.717, 1.165) is 37.1 Å². The quantitative estimate of drug-likeness (QED) is 0.832. The van der Waals surface area contributed by atoms with Crippen molar-refractivity contribution in [3.8, 4) is 0 Å². The Morgan fingerprint density at radius 3 is 2.88 bits per heavy atom. The van der Waals surface area contributed by atoms with Crippen molar-refractivity contribution in [1.29, 1.82) is 0 Å². The van der Waals surface area contributed by atoms with E-state index in [-0.39, 0.29) is 0 Å². The van der Waals surface area contributed by atoms with Crippen molar-refractivity contribution in [2.24, 2.45) is 0 Å². The molecule has 0 radical (unpaired) electrons. The van der Waals surface area contributed by atoms with E-state index in [9.17, 15) is 0 Å². The molecule has 1 unspecified atom stereocenters. The molecule has 1 saturated heterocycles. The van der Waals surface area contributed by atoms with Crippen molar-refractivity contribution in [3.05, 3.63) is 17.5 Å². The van der Waals surface area contributed by atoms with Crippen LogP contribution in [0.1, 0.15) is 30.7 Å². The molecule has 1 saturated carbocycles. The molecular formula is C12H19N3O. The molecule has 1 aliphatic carbocycles. The molecule has 4 nitrogen and oxygen atoms in total. The van der Waals surface area contributed by atoms with Crippen LogP contribution in [-0.4, -0.2) is 35.2 Å². The maximum atomic E-state index is 5.32. The van der Waals surface area contributed by atoms with E-state index >= 15 is 0 Å². The summed E-state index contributed by atoms with van der Waals surface area (Å²) in [5.41, 5.74) is 0.982. The number of hydrogen-bond acceptors (Lipinski definition) is 4. The lowest BCUT2D eigenvalue weighted by molar-refractivity contribution is 0.168. The Hall–Kier alpha value is -0.870. The number of aromatic nitrogens is 1. The smallest absolute Gasteiger partial charge is 0.150 e. The van der Waals surface area contributed by atoms with Crippen LogP contribution in [0.3, 0.4) is 0 Å². The van der Waals surface area contributed by atoms with E-state index in [1.807, 2.05) is 6.92 Å². The zero-order valence-corrected chi connectivity index (χ0v) is 9.78. The summed E-state index contributed by atoms with van der Waals surface area (Å²) < 4.78 is 5.32. The van der Waals surface area contributed by atoms with Crippen LogP contribution in [0.5, 0.6) is 0 Å². The fourth-order valence-corrected chi connectivity index (χ4v) is 2.56. The topological polar surface area (TPSA) is 41.3 Å². The monoisotopic (exact) mass is 221 g/mol. The van der Waals surface area contributed by atoms with Gasteiger partial charge in [0.1, 0.15) is 0 Å². The first kappa shape index (κ1) is 10.3. The summed E-state index contributed by atoms with van der Waals surface area (Å²) >= 11 is 0. The summed E-state index contributed by atoms with van der Waals surface area (Å²) in [4.78, 5) is 2.60. The third-order valence-corrected chi connectivity index (χ3v) is 3.53. The Bertz CT molecular complexity index is 353. The van der Waals surface area contributed by atoms with Crippen molar-refractivity contribution in [1.82, 2.24) is 15.4 Å².